The minimum atomic E-state index is 0.672. The van der Waals surface area contributed by atoms with E-state index in [1.807, 2.05) is 38.1 Å². The summed E-state index contributed by atoms with van der Waals surface area (Å²) in [4.78, 5) is 6.97. The summed E-state index contributed by atoms with van der Waals surface area (Å²) in [7, 11) is 0. The zero-order valence-corrected chi connectivity index (χ0v) is 9.75. The van der Waals surface area contributed by atoms with Crippen molar-refractivity contribution in [2.75, 3.05) is 0 Å². The topological polar surface area (TPSA) is 61.7 Å². The molecule has 2 aromatic rings. The Hall–Kier alpha value is -2.32. The van der Waals surface area contributed by atoms with E-state index in [0.717, 1.165) is 22.3 Å². The second-order valence-electron chi connectivity index (χ2n) is 3.91. The highest BCUT2D eigenvalue weighted by atomic mass is 15.1. The lowest BCUT2D eigenvalue weighted by Gasteiger charge is -2.09. The zero-order valence-electron chi connectivity index (χ0n) is 9.75. The quantitative estimate of drug-likeness (QED) is 0.426. The smallest absolute Gasteiger partial charge is 0.0483 e. The molecular formula is C13H12N4. The third-order valence-corrected chi connectivity index (χ3v) is 2.56. The molecule has 0 amide bonds. The van der Waals surface area contributed by atoms with Crippen molar-refractivity contribution in [2.45, 2.75) is 13.8 Å². The molecule has 1 aromatic carbocycles. The molecule has 1 aromatic heterocycles. The number of azide groups is 1. The molecule has 1 heterocycles. The average molecular weight is 224 g/mol. The molecule has 0 radical (unpaired) electrons. The van der Waals surface area contributed by atoms with Gasteiger partial charge in [0, 0.05) is 28.6 Å². The normalized spacial score (nSPS) is 9.76. The standard InChI is InChI=1S/C13H12N4/c1-9-6-10(2)13(16-17-14)12(7-9)11-4-3-5-15-8-11/h3-8H,1-2H3. The fraction of sp³-hybridized carbons (Fsp3) is 0.154. The molecule has 4 heteroatoms. The van der Waals surface area contributed by atoms with Crippen LogP contribution in [0, 0.1) is 13.8 Å². The second kappa shape index (κ2) is 4.68. The Labute approximate surface area is 99.6 Å². The van der Waals surface area contributed by atoms with Gasteiger partial charge in [-0.3, -0.25) is 4.98 Å². The van der Waals surface area contributed by atoms with Gasteiger partial charge in [0.05, 0.1) is 0 Å². The van der Waals surface area contributed by atoms with Crippen LogP contribution >= 0.6 is 0 Å². The summed E-state index contributed by atoms with van der Waals surface area (Å²) >= 11 is 0. The molecule has 0 aliphatic heterocycles. The Morgan fingerprint density at radius 1 is 1.29 bits per heavy atom. The second-order valence-corrected chi connectivity index (χ2v) is 3.91. The highest BCUT2D eigenvalue weighted by Gasteiger charge is 2.07. The summed E-state index contributed by atoms with van der Waals surface area (Å²) in [5, 5.41) is 3.78. The number of nitrogens with zero attached hydrogens (tertiary/aromatic N) is 4. The van der Waals surface area contributed by atoms with E-state index >= 15 is 0 Å². The van der Waals surface area contributed by atoms with Gasteiger partial charge in [-0.2, -0.15) is 0 Å². The predicted molar refractivity (Wildman–Crippen MR) is 68.0 cm³/mol. The van der Waals surface area contributed by atoms with Crippen LogP contribution in [0.3, 0.4) is 0 Å². The lowest BCUT2D eigenvalue weighted by molar-refractivity contribution is 1.30. The monoisotopic (exact) mass is 224 g/mol. The minimum absolute atomic E-state index is 0.672. The first-order valence-corrected chi connectivity index (χ1v) is 5.29. The number of hydrogen-bond acceptors (Lipinski definition) is 2. The van der Waals surface area contributed by atoms with Crippen LogP contribution in [-0.2, 0) is 0 Å². The van der Waals surface area contributed by atoms with Gasteiger partial charge < -0.3 is 0 Å². The van der Waals surface area contributed by atoms with Crippen LogP contribution in [0.1, 0.15) is 11.1 Å². The molecule has 0 saturated heterocycles. The van der Waals surface area contributed by atoms with E-state index < -0.39 is 0 Å². The molecule has 0 spiro atoms. The summed E-state index contributed by atoms with van der Waals surface area (Å²) in [6.07, 6.45) is 3.49. The highest BCUT2D eigenvalue weighted by Crippen LogP contribution is 2.34. The number of aromatic nitrogens is 1. The summed E-state index contributed by atoms with van der Waals surface area (Å²) in [6, 6.07) is 7.84. The average Bonchev–Trinajstić information content (AvgIpc) is 2.33. The molecule has 0 saturated carbocycles. The third kappa shape index (κ3) is 2.27. The van der Waals surface area contributed by atoms with Crippen molar-refractivity contribution >= 4 is 5.69 Å². The van der Waals surface area contributed by atoms with E-state index in [-0.39, 0.29) is 0 Å². The molecule has 17 heavy (non-hydrogen) atoms. The van der Waals surface area contributed by atoms with Crippen LogP contribution < -0.4 is 0 Å². The number of benzene rings is 1. The Morgan fingerprint density at radius 3 is 2.76 bits per heavy atom. The van der Waals surface area contributed by atoms with Crippen molar-refractivity contribution in [1.82, 2.24) is 4.98 Å². The number of hydrogen-bond donors (Lipinski definition) is 0. The zero-order chi connectivity index (χ0) is 12.3. The minimum Gasteiger partial charge on any atom is -0.264 e. The third-order valence-electron chi connectivity index (χ3n) is 2.56. The number of rotatable bonds is 2. The maximum atomic E-state index is 8.63. The van der Waals surface area contributed by atoms with Crippen molar-refractivity contribution in [3.63, 3.8) is 0 Å². The number of aryl methyl sites for hydroxylation is 2. The molecule has 0 bridgehead atoms. The maximum absolute atomic E-state index is 8.63. The first-order chi connectivity index (χ1) is 8.22. The Kier molecular flexibility index (Phi) is 3.08. The van der Waals surface area contributed by atoms with Gasteiger partial charge >= 0.3 is 0 Å². The molecule has 0 unspecified atom stereocenters. The van der Waals surface area contributed by atoms with Crippen LogP contribution in [0.2, 0.25) is 0 Å². The molecule has 4 nitrogen and oxygen atoms in total. The molecular weight excluding hydrogens is 212 g/mol. The van der Waals surface area contributed by atoms with Gasteiger partial charge in [0.25, 0.3) is 0 Å². The molecule has 0 N–H and O–H groups in total. The van der Waals surface area contributed by atoms with Crippen molar-refractivity contribution in [1.29, 1.82) is 0 Å². The molecule has 0 aliphatic rings. The van der Waals surface area contributed by atoms with Gasteiger partial charge in [0.15, 0.2) is 0 Å². The van der Waals surface area contributed by atoms with Gasteiger partial charge in [-0.1, -0.05) is 28.9 Å². The van der Waals surface area contributed by atoms with Gasteiger partial charge in [-0.05, 0) is 36.6 Å². The van der Waals surface area contributed by atoms with Crippen molar-refractivity contribution in [3.8, 4) is 11.1 Å². The number of pyridine rings is 1. The fourth-order valence-electron chi connectivity index (χ4n) is 1.88. The van der Waals surface area contributed by atoms with Crippen LogP contribution in [0.4, 0.5) is 5.69 Å². The van der Waals surface area contributed by atoms with Crippen LogP contribution in [0.15, 0.2) is 41.8 Å². The molecule has 0 aliphatic carbocycles. The lowest BCUT2D eigenvalue weighted by atomic mass is 9.99. The summed E-state index contributed by atoms with van der Waals surface area (Å²) in [6.45, 7) is 3.96. The van der Waals surface area contributed by atoms with E-state index in [0.29, 0.717) is 5.69 Å². The van der Waals surface area contributed by atoms with Crippen LogP contribution in [0.5, 0.6) is 0 Å². The molecule has 84 valence electrons. The highest BCUT2D eigenvalue weighted by molar-refractivity contribution is 5.78. The molecule has 0 atom stereocenters. The first-order valence-electron chi connectivity index (χ1n) is 5.29. The van der Waals surface area contributed by atoms with E-state index in [9.17, 15) is 0 Å². The van der Waals surface area contributed by atoms with E-state index in [4.69, 9.17) is 5.53 Å². The maximum Gasteiger partial charge on any atom is 0.0483 e. The van der Waals surface area contributed by atoms with Crippen LogP contribution in [0.25, 0.3) is 21.6 Å². The van der Waals surface area contributed by atoms with Crippen LogP contribution in [-0.4, -0.2) is 4.98 Å². The molecule has 0 fully saturated rings. The van der Waals surface area contributed by atoms with Gasteiger partial charge in [-0.25, -0.2) is 0 Å². The largest absolute Gasteiger partial charge is 0.264 e. The Balaban J connectivity index is 2.71. The summed E-state index contributed by atoms with van der Waals surface area (Å²) in [5.74, 6) is 0. The molecule has 2 rings (SSSR count). The fourth-order valence-corrected chi connectivity index (χ4v) is 1.88. The lowest BCUT2D eigenvalue weighted by Crippen LogP contribution is -1.85. The SMILES string of the molecule is Cc1cc(C)c(N=[N+]=[N-])c(-c2cccnc2)c1. The Morgan fingerprint density at radius 2 is 2.12 bits per heavy atom. The van der Waals surface area contributed by atoms with Crippen molar-refractivity contribution in [2.24, 2.45) is 5.11 Å². The summed E-state index contributed by atoms with van der Waals surface area (Å²) < 4.78 is 0. The first kappa shape index (κ1) is 11.2. The van der Waals surface area contributed by atoms with E-state index in [2.05, 4.69) is 15.0 Å². The van der Waals surface area contributed by atoms with Gasteiger partial charge in [-0.15, -0.1) is 0 Å². The van der Waals surface area contributed by atoms with Crippen molar-refractivity contribution in [3.05, 3.63) is 58.2 Å². The van der Waals surface area contributed by atoms with E-state index in [1.165, 1.54) is 0 Å². The Bertz CT molecular complexity index is 584. The summed E-state index contributed by atoms with van der Waals surface area (Å²) in [5.41, 5.74) is 13.3. The van der Waals surface area contributed by atoms with E-state index in [1.54, 1.807) is 12.4 Å². The predicted octanol–water partition coefficient (Wildman–Crippen LogP) is 4.31. The van der Waals surface area contributed by atoms with Gasteiger partial charge in [0.1, 0.15) is 0 Å². The van der Waals surface area contributed by atoms with Crippen molar-refractivity contribution < 1.29 is 0 Å². The van der Waals surface area contributed by atoms with Gasteiger partial charge in [0.2, 0.25) is 0 Å².